The molecule has 0 aliphatic carbocycles. The average molecular weight is 390 g/mol. The van der Waals surface area contributed by atoms with Gasteiger partial charge in [0.1, 0.15) is 23.9 Å². The van der Waals surface area contributed by atoms with Gasteiger partial charge in [-0.25, -0.2) is 5.43 Å². The number of carbonyl (C=O) groups is 1. The van der Waals surface area contributed by atoms with Crippen LogP contribution in [0, 0.1) is 0 Å². The highest BCUT2D eigenvalue weighted by Crippen LogP contribution is 2.18. The Labute approximate surface area is 169 Å². The molecule has 0 unspecified atom stereocenters. The Balaban J connectivity index is 1.42. The van der Waals surface area contributed by atoms with E-state index in [-0.39, 0.29) is 12.5 Å². The highest BCUT2D eigenvalue weighted by molar-refractivity contribution is 5.85. The zero-order valence-electron chi connectivity index (χ0n) is 16.1. The number of rotatable bonds is 9. The first-order chi connectivity index (χ1) is 14.2. The molecule has 6 nitrogen and oxygen atoms in total. The first-order valence-electron chi connectivity index (χ1n) is 9.09. The van der Waals surface area contributed by atoms with E-state index in [1.807, 2.05) is 54.6 Å². The lowest BCUT2D eigenvalue weighted by molar-refractivity contribution is -0.123. The van der Waals surface area contributed by atoms with E-state index in [4.69, 9.17) is 14.2 Å². The van der Waals surface area contributed by atoms with Gasteiger partial charge in [-0.2, -0.15) is 5.10 Å². The number of hydrogen-bond donors (Lipinski definition) is 1. The van der Waals surface area contributed by atoms with Gasteiger partial charge in [0, 0.05) is 5.56 Å². The van der Waals surface area contributed by atoms with Crippen LogP contribution in [0.2, 0.25) is 0 Å². The Kier molecular flexibility index (Phi) is 7.23. The normalized spacial score (nSPS) is 10.5. The third-order valence-corrected chi connectivity index (χ3v) is 3.97. The highest BCUT2D eigenvalue weighted by atomic mass is 16.5. The van der Waals surface area contributed by atoms with Crippen molar-refractivity contribution in [1.82, 2.24) is 5.43 Å². The van der Waals surface area contributed by atoms with Crippen molar-refractivity contribution >= 4 is 12.1 Å². The van der Waals surface area contributed by atoms with E-state index in [0.717, 1.165) is 16.9 Å². The van der Waals surface area contributed by atoms with E-state index < -0.39 is 0 Å². The summed E-state index contributed by atoms with van der Waals surface area (Å²) in [5.41, 5.74) is 4.29. The van der Waals surface area contributed by atoms with E-state index in [1.165, 1.54) is 6.21 Å². The molecule has 1 amide bonds. The van der Waals surface area contributed by atoms with Crippen LogP contribution in [0.25, 0.3) is 0 Å². The van der Waals surface area contributed by atoms with Crippen molar-refractivity contribution in [2.24, 2.45) is 5.10 Å². The number of ether oxygens (including phenoxy) is 3. The number of nitrogens with one attached hydrogen (secondary N) is 1. The fourth-order valence-corrected chi connectivity index (χ4v) is 2.50. The zero-order valence-corrected chi connectivity index (χ0v) is 16.1. The summed E-state index contributed by atoms with van der Waals surface area (Å²) in [4.78, 5) is 11.9. The summed E-state index contributed by atoms with van der Waals surface area (Å²) in [6, 6.07) is 24.4. The fourth-order valence-electron chi connectivity index (χ4n) is 2.50. The molecule has 6 heteroatoms. The lowest BCUT2D eigenvalue weighted by Gasteiger charge is -2.08. The standard InChI is InChI=1S/C23H22N2O4/c1-27-22-10-6-5-9-19(22)15-24-25-23(26)17-29-21-13-11-20(12-14-21)28-16-18-7-3-2-4-8-18/h2-15H,16-17H2,1H3,(H,25,26). The molecule has 148 valence electrons. The number of hydrogen-bond acceptors (Lipinski definition) is 5. The van der Waals surface area contributed by atoms with Gasteiger partial charge in [-0.1, -0.05) is 42.5 Å². The molecule has 0 radical (unpaired) electrons. The summed E-state index contributed by atoms with van der Waals surface area (Å²) in [5, 5.41) is 3.93. The van der Waals surface area contributed by atoms with Crippen molar-refractivity contribution in [2.45, 2.75) is 6.61 Å². The predicted octanol–water partition coefficient (Wildman–Crippen LogP) is 3.80. The molecule has 0 aliphatic rings. The van der Waals surface area contributed by atoms with Crippen LogP contribution < -0.4 is 19.6 Å². The van der Waals surface area contributed by atoms with Crippen LogP contribution in [0.3, 0.4) is 0 Å². The summed E-state index contributed by atoms with van der Waals surface area (Å²) in [6.45, 7) is 0.348. The van der Waals surface area contributed by atoms with Crippen molar-refractivity contribution in [2.75, 3.05) is 13.7 Å². The smallest absolute Gasteiger partial charge is 0.277 e. The van der Waals surface area contributed by atoms with E-state index in [2.05, 4.69) is 10.5 Å². The molecule has 0 aliphatic heterocycles. The quantitative estimate of drug-likeness (QED) is 0.446. The van der Waals surface area contributed by atoms with Crippen molar-refractivity contribution in [3.63, 3.8) is 0 Å². The number of carbonyl (C=O) groups excluding carboxylic acids is 1. The first kappa shape index (κ1) is 19.9. The third-order valence-electron chi connectivity index (χ3n) is 3.97. The van der Waals surface area contributed by atoms with Crippen LogP contribution in [0.15, 0.2) is 84.0 Å². The number of amides is 1. The summed E-state index contributed by atoms with van der Waals surface area (Å²) < 4.78 is 16.4. The molecule has 0 fully saturated rings. The summed E-state index contributed by atoms with van der Waals surface area (Å²) in [6.07, 6.45) is 1.52. The van der Waals surface area contributed by atoms with Crippen LogP contribution in [0.4, 0.5) is 0 Å². The van der Waals surface area contributed by atoms with Crippen LogP contribution in [0.5, 0.6) is 17.2 Å². The van der Waals surface area contributed by atoms with E-state index in [1.54, 1.807) is 31.4 Å². The maximum atomic E-state index is 11.9. The van der Waals surface area contributed by atoms with Crippen molar-refractivity contribution in [1.29, 1.82) is 0 Å². The SMILES string of the molecule is COc1ccccc1C=NNC(=O)COc1ccc(OCc2ccccc2)cc1. The molecule has 3 rings (SSSR count). The molecule has 0 saturated carbocycles. The molecule has 29 heavy (non-hydrogen) atoms. The summed E-state index contributed by atoms with van der Waals surface area (Å²) in [5.74, 6) is 1.62. The Bertz CT molecular complexity index is 941. The predicted molar refractivity (Wildman–Crippen MR) is 111 cm³/mol. The largest absolute Gasteiger partial charge is 0.496 e. The van der Waals surface area contributed by atoms with Gasteiger partial charge < -0.3 is 14.2 Å². The minimum absolute atomic E-state index is 0.145. The number of hydrazone groups is 1. The van der Waals surface area contributed by atoms with Gasteiger partial charge in [-0.3, -0.25) is 4.79 Å². The Morgan fingerprint density at radius 2 is 1.55 bits per heavy atom. The van der Waals surface area contributed by atoms with Crippen LogP contribution >= 0.6 is 0 Å². The summed E-state index contributed by atoms with van der Waals surface area (Å²) in [7, 11) is 1.58. The lowest BCUT2D eigenvalue weighted by Crippen LogP contribution is -2.24. The molecular weight excluding hydrogens is 368 g/mol. The van der Waals surface area contributed by atoms with Crippen molar-refractivity contribution < 1.29 is 19.0 Å². The second-order valence-electron chi connectivity index (χ2n) is 6.07. The first-order valence-corrected chi connectivity index (χ1v) is 9.09. The lowest BCUT2D eigenvalue weighted by atomic mass is 10.2. The summed E-state index contributed by atoms with van der Waals surface area (Å²) >= 11 is 0. The minimum atomic E-state index is -0.361. The van der Waals surface area contributed by atoms with Crippen LogP contribution in [0.1, 0.15) is 11.1 Å². The molecule has 1 N–H and O–H groups in total. The van der Waals surface area contributed by atoms with E-state index in [0.29, 0.717) is 18.1 Å². The molecular formula is C23H22N2O4. The number of benzene rings is 3. The fraction of sp³-hybridized carbons (Fsp3) is 0.130. The van der Waals surface area contributed by atoms with Gasteiger partial charge in [0.25, 0.3) is 5.91 Å². The molecule has 0 heterocycles. The van der Waals surface area contributed by atoms with E-state index in [9.17, 15) is 4.79 Å². The van der Waals surface area contributed by atoms with Gasteiger partial charge in [0.2, 0.25) is 0 Å². The number of para-hydroxylation sites is 1. The molecule has 3 aromatic rings. The van der Waals surface area contributed by atoms with E-state index >= 15 is 0 Å². The van der Waals surface area contributed by atoms with Crippen molar-refractivity contribution in [3.8, 4) is 17.2 Å². The highest BCUT2D eigenvalue weighted by Gasteiger charge is 2.03. The average Bonchev–Trinajstić information content (AvgIpc) is 2.78. The molecule has 0 aromatic heterocycles. The van der Waals surface area contributed by atoms with Gasteiger partial charge in [0.05, 0.1) is 13.3 Å². The molecule has 3 aromatic carbocycles. The zero-order chi connectivity index (χ0) is 20.3. The minimum Gasteiger partial charge on any atom is -0.496 e. The maximum Gasteiger partial charge on any atom is 0.277 e. The van der Waals surface area contributed by atoms with Crippen molar-refractivity contribution in [3.05, 3.63) is 90.0 Å². The van der Waals surface area contributed by atoms with Gasteiger partial charge in [0.15, 0.2) is 6.61 Å². The third kappa shape index (κ3) is 6.39. The monoisotopic (exact) mass is 390 g/mol. The van der Waals surface area contributed by atoms with Crippen LogP contribution in [-0.2, 0) is 11.4 Å². The van der Waals surface area contributed by atoms with Gasteiger partial charge in [-0.15, -0.1) is 0 Å². The van der Waals surface area contributed by atoms with Gasteiger partial charge >= 0.3 is 0 Å². The number of methoxy groups -OCH3 is 1. The molecule has 0 spiro atoms. The molecule has 0 saturated heterocycles. The topological polar surface area (TPSA) is 69.2 Å². The van der Waals surface area contributed by atoms with Gasteiger partial charge in [-0.05, 0) is 42.0 Å². The number of nitrogens with zero attached hydrogens (tertiary/aromatic N) is 1. The second-order valence-corrected chi connectivity index (χ2v) is 6.07. The molecule has 0 atom stereocenters. The molecule has 0 bridgehead atoms. The Morgan fingerprint density at radius 1 is 0.897 bits per heavy atom. The Hall–Kier alpha value is -3.80. The second kappa shape index (κ2) is 10.5. The maximum absolute atomic E-state index is 11.9. The van der Waals surface area contributed by atoms with Crippen LogP contribution in [-0.4, -0.2) is 25.8 Å². The Morgan fingerprint density at radius 3 is 2.28 bits per heavy atom.